The van der Waals surface area contributed by atoms with Gasteiger partial charge in [0.05, 0.1) is 0 Å². The Labute approximate surface area is 271 Å². The van der Waals surface area contributed by atoms with Crippen LogP contribution in [0.25, 0.3) is 98.4 Å². The van der Waals surface area contributed by atoms with Gasteiger partial charge in [0.1, 0.15) is 11.2 Å². The van der Waals surface area contributed by atoms with Gasteiger partial charge in [-0.1, -0.05) is 140 Å². The minimum Gasteiger partial charge on any atom is -0.456 e. The van der Waals surface area contributed by atoms with Crippen LogP contribution in [-0.4, -0.2) is 0 Å². The van der Waals surface area contributed by atoms with Crippen molar-refractivity contribution in [3.05, 3.63) is 170 Å². The van der Waals surface area contributed by atoms with Crippen molar-refractivity contribution in [1.82, 2.24) is 0 Å². The van der Waals surface area contributed by atoms with Crippen molar-refractivity contribution in [3.63, 3.8) is 0 Å². The second-order valence-electron chi connectivity index (χ2n) is 12.5. The lowest BCUT2D eigenvalue weighted by atomic mass is 9.85. The van der Waals surface area contributed by atoms with Gasteiger partial charge >= 0.3 is 0 Å². The van der Waals surface area contributed by atoms with Gasteiger partial charge in [0.2, 0.25) is 0 Å². The van der Waals surface area contributed by atoms with Crippen LogP contribution in [0.1, 0.15) is 0 Å². The predicted molar refractivity (Wildman–Crippen MR) is 200 cm³/mol. The third-order valence-corrected chi connectivity index (χ3v) is 9.85. The minimum atomic E-state index is 0.910. The van der Waals surface area contributed by atoms with Crippen LogP contribution in [0.5, 0.6) is 0 Å². The summed E-state index contributed by atoms with van der Waals surface area (Å²) < 4.78 is 6.25. The van der Waals surface area contributed by atoms with Crippen molar-refractivity contribution in [3.8, 4) is 33.4 Å². The number of hydrogen-bond donors (Lipinski definition) is 0. The Morgan fingerprint density at radius 2 is 0.851 bits per heavy atom. The smallest absolute Gasteiger partial charge is 0.135 e. The van der Waals surface area contributed by atoms with E-state index in [9.17, 15) is 0 Å². The van der Waals surface area contributed by atoms with E-state index in [0.29, 0.717) is 0 Å². The van der Waals surface area contributed by atoms with Crippen LogP contribution < -0.4 is 0 Å². The molecular weight excluding hydrogens is 569 g/mol. The van der Waals surface area contributed by atoms with Gasteiger partial charge in [-0.2, -0.15) is 0 Å². The molecule has 0 fully saturated rings. The number of benzene rings is 9. The first-order valence-electron chi connectivity index (χ1n) is 16.2. The molecule has 10 aromatic rings. The maximum atomic E-state index is 6.25. The summed E-state index contributed by atoms with van der Waals surface area (Å²) in [4.78, 5) is 0. The molecule has 0 bridgehead atoms. The molecule has 218 valence electrons. The lowest BCUT2D eigenvalue weighted by molar-refractivity contribution is 0.669. The molecule has 1 heteroatoms. The fourth-order valence-electron chi connectivity index (χ4n) is 7.66. The number of fused-ring (bicyclic) bond motifs is 7. The number of hydrogen-bond acceptors (Lipinski definition) is 1. The second-order valence-corrected chi connectivity index (χ2v) is 12.5. The molecule has 0 amide bonds. The average molecular weight is 597 g/mol. The molecule has 10 rings (SSSR count). The van der Waals surface area contributed by atoms with Crippen molar-refractivity contribution < 1.29 is 4.42 Å². The first kappa shape index (κ1) is 26.1. The van der Waals surface area contributed by atoms with Crippen molar-refractivity contribution >= 4 is 65.0 Å². The molecule has 0 aliphatic carbocycles. The van der Waals surface area contributed by atoms with Crippen molar-refractivity contribution in [1.29, 1.82) is 0 Å². The molecule has 47 heavy (non-hydrogen) atoms. The normalized spacial score (nSPS) is 11.8. The zero-order chi connectivity index (χ0) is 30.9. The van der Waals surface area contributed by atoms with E-state index in [2.05, 4.69) is 164 Å². The fraction of sp³-hybridized carbons (Fsp3) is 0. The molecular formula is C46H28O. The molecule has 0 aliphatic heterocycles. The van der Waals surface area contributed by atoms with E-state index in [-0.39, 0.29) is 0 Å². The molecule has 9 aromatic carbocycles. The topological polar surface area (TPSA) is 13.1 Å². The fourth-order valence-corrected chi connectivity index (χ4v) is 7.66. The van der Waals surface area contributed by atoms with Crippen molar-refractivity contribution in [2.45, 2.75) is 0 Å². The monoisotopic (exact) mass is 596 g/mol. The van der Waals surface area contributed by atoms with Crippen LogP contribution >= 0.6 is 0 Å². The molecule has 0 aliphatic rings. The highest BCUT2D eigenvalue weighted by Gasteiger charge is 2.18. The van der Waals surface area contributed by atoms with Crippen LogP contribution in [0.4, 0.5) is 0 Å². The average Bonchev–Trinajstić information content (AvgIpc) is 3.51. The summed E-state index contributed by atoms with van der Waals surface area (Å²) >= 11 is 0. The molecule has 0 radical (unpaired) electrons. The van der Waals surface area contributed by atoms with Gasteiger partial charge in [0.25, 0.3) is 0 Å². The maximum absolute atomic E-state index is 6.25. The summed E-state index contributed by atoms with van der Waals surface area (Å²) in [5.41, 5.74) is 9.20. The number of rotatable bonds is 3. The predicted octanol–water partition coefficient (Wildman–Crippen LogP) is 13.2. The van der Waals surface area contributed by atoms with E-state index in [1.165, 1.54) is 76.5 Å². The van der Waals surface area contributed by atoms with E-state index in [0.717, 1.165) is 21.9 Å². The molecule has 1 heterocycles. The minimum absolute atomic E-state index is 0.910. The van der Waals surface area contributed by atoms with Gasteiger partial charge in [-0.15, -0.1) is 0 Å². The van der Waals surface area contributed by atoms with Crippen molar-refractivity contribution in [2.75, 3.05) is 0 Å². The first-order chi connectivity index (χ1) is 23.3. The zero-order valence-corrected chi connectivity index (χ0v) is 25.6. The van der Waals surface area contributed by atoms with Crippen LogP contribution in [0.2, 0.25) is 0 Å². The quantitative estimate of drug-likeness (QED) is 0.185. The second kappa shape index (κ2) is 10.2. The molecule has 0 spiro atoms. The molecule has 0 saturated carbocycles. The maximum Gasteiger partial charge on any atom is 0.135 e. The highest BCUT2D eigenvalue weighted by atomic mass is 16.3. The first-order valence-corrected chi connectivity index (χ1v) is 16.2. The van der Waals surface area contributed by atoms with Gasteiger partial charge in [0.15, 0.2) is 0 Å². The standard InChI is InChI=1S/C46H28O/c1-2-12-31-26-32(23-22-29(31)10-1)35-16-8-19-39-41(35)28-42-37(36-17-7-13-30-11-3-4-14-34(30)36)18-9-20-40(42)46(39)33-24-25-45-43(27-33)38-15-5-6-21-44(38)47-45/h1-28H. The van der Waals surface area contributed by atoms with Gasteiger partial charge in [-0.25, -0.2) is 0 Å². The van der Waals surface area contributed by atoms with Crippen molar-refractivity contribution in [2.24, 2.45) is 0 Å². The van der Waals surface area contributed by atoms with Crippen LogP contribution in [0, 0.1) is 0 Å². The molecule has 1 nitrogen and oxygen atoms in total. The van der Waals surface area contributed by atoms with Gasteiger partial charge in [-0.05, 0) is 107 Å². The van der Waals surface area contributed by atoms with Gasteiger partial charge in [-0.3, -0.25) is 0 Å². The Morgan fingerprint density at radius 1 is 0.277 bits per heavy atom. The van der Waals surface area contributed by atoms with Crippen LogP contribution in [-0.2, 0) is 0 Å². The highest BCUT2D eigenvalue weighted by molar-refractivity contribution is 6.21. The number of para-hydroxylation sites is 1. The molecule has 0 saturated heterocycles. The third kappa shape index (κ3) is 4.03. The summed E-state index contributed by atoms with van der Waals surface area (Å²) in [7, 11) is 0. The van der Waals surface area contributed by atoms with E-state index in [1.807, 2.05) is 6.07 Å². The van der Waals surface area contributed by atoms with Crippen LogP contribution in [0.15, 0.2) is 174 Å². The van der Waals surface area contributed by atoms with Crippen LogP contribution in [0.3, 0.4) is 0 Å². The van der Waals surface area contributed by atoms with E-state index >= 15 is 0 Å². The summed E-state index contributed by atoms with van der Waals surface area (Å²) in [5.74, 6) is 0. The Hall–Kier alpha value is -6.18. The third-order valence-electron chi connectivity index (χ3n) is 9.85. The molecule has 1 aromatic heterocycles. The number of furan rings is 1. The van der Waals surface area contributed by atoms with E-state index in [4.69, 9.17) is 4.42 Å². The lowest BCUT2D eigenvalue weighted by Gasteiger charge is -2.18. The zero-order valence-electron chi connectivity index (χ0n) is 25.6. The molecule has 0 atom stereocenters. The summed E-state index contributed by atoms with van der Waals surface area (Å²) in [5, 5.41) is 12.3. The van der Waals surface area contributed by atoms with Gasteiger partial charge < -0.3 is 4.42 Å². The Kier molecular flexibility index (Phi) is 5.64. The van der Waals surface area contributed by atoms with E-state index in [1.54, 1.807) is 0 Å². The lowest BCUT2D eigenvalue weighted by Crippen LogP contribution is -1.91. The summed E-state index contributed by atoms with van der Waals surface area (Å²) in [6, 6.07) is 61.8. The largest absolute Gasteiger partial charge is 0.456 e. The Balaban J connectivity index is 1.34. The SMILES string of the molecule is c1ccc2cc(-c3cccc4c(-c5ccc6oc7ccccc7c6c5)c5cccc(-c6cccc7ccccc67)c5cc34)ccc2c1. The summed E-state index contributed by atoms with van der Waals surface area (Å²) in [6.45, 7) is 0. The Morgan fingerprint density at radius 3 is 1.70 bits per heavy atom. The van der Waals surface area contributed by atoms with Gasteiger partial charge in [0, 0.05) is 10.8 Å². The molecule has 0 N–H and O–H groups in total. The summed E-state index contributed by atoms with van der Waals surface area (Å²) in [6.07, 6.45) is 0. The van der Waals surface area contributed by atoms with E-state index < -0.39 is 0 Å². The Bertz CT molecular complexity index is 2850. The highest BCUT2D eigenvalue weighted by Crippen LogP contribution is 2.45. The molecule has 0 unspecified atom stereocenters.